The third-order valence-electron chi connectivity index (χ3n) is 5.30. The minimum Gasteiger partial charge on any atom is -0.340 e. The summed E-state index contributed by atoms with van der Waals surface area (Å²) in [5.74, 6) is 1.48. The van der Waals surface area contributed by atoms with Crippen LogP contribution in [0, 0.1) is 0 Å². The molecular weight excluding hydrogens is 362 g/mol. The number of fused-ring (bicyclic) bond motifs is 1. The minimum atomic E-state index is 0.181. The van der Waals surface area contributed by atoms with E-state index < -0.39 is 0 Å². The van der Waals surface area contributed by atoms with Gasteiger partial charge < -0.3 is 16.0 Å². The van der Waals surface area contributed by atoms with E-state index in [0.717, 1.165) is 65.4 Å². The molecule has 5 rings (SSSR count). The van der Waals surface area contributed by atoms with Crippen molar-refractivity contribution in [3.63, 3.8) is 0 Å². The van der Waals surface area contributed by atoms with Crippen LogP contribution in [0.3, 0.4) is 0 Å². The van der Waals surface area contributed by atoms with Crippen molar-refractivity contribution in [2.24, 2.45) is 5.73 Å². The third-order valence-corrected chi connectivity index (χ3v) is 5.30. The summed E-state index contributed by atoms with van der Waals surface area (Å²) in [7, 11) is 0. The number of aromatic nitrogens is 4. The molecule has 0 amide bonds. The van der Waals surface area contributed by atoms with Gasteiger partial charge in [-0.15, -0.1) is 0 Å². The van der Waals surface area contributed by atoms with E-state index >= 15 is 0 Å². The Labute approximate surface area is 169 Å². The Bertz CT molecular complexity index is 1120. The summed E-state index contributed by atoms with van der Waals surface area (Å²) in [5.41, 5.74) is 10.3. The molecule has 0 bridgehead atoms. The van der Waals surface area contributed by atoms with Gasteiger partial charge in [0.15, 0.2) is 0 Å². The Morgan fingerprint density at radius 3 is 2.90 bits per heavy atom. The van der Waals surface area contributed by atoms with Crippen molar-refractivity contribution in [2.75, 3.05) is 23.3 Å². The van der Waals surface area contributed by atoms with Crippen LogP contribution in [0.4, 0.5) is 17.5 Å². The molecule has 3 heterocycles. The molecular formula is C22H23N7. The van der Waals surface area contributed by atoms with Gasteiger partial charge >= 0.3 is 0 Å². The molecule has 0 aliphatic carbocycles. The Morgan fingerprint density at radius 1 is 1.14 bits per heavy atom. The summed E-state index contributed by atoms with van der Waals surface area (Å²) in [6.07, 6.45) is 5.78. The van der Waals surface area contributed by atoms with E-state index in [2.05, 4.69) is 43.6 Å². The number of benzene rings is 2. The first-order valence-corrected chi connectivity index (χ1v) is 9.89. The van der Waals surface area contributed by atoms with Gasteiger partial charge in [-0.2, -0.15) is 10.1 Å². The van der Waals surface area contributed by atoms with Gasteiger partial charge in [0.2, 0.25) is 5.95 Å². The molecule has 1 aliphatic heterocycles. The van der Waals surface area contributed by atoms with Gasteiger partial charge in [-0.3, -0.25) is 5.10 Å². The molecule has 7 heteroatoms. The number of H-pyrrole nitrogens is 1. The minimum absolute atomic E-state index is 0.181. The van der Waals surface area contributed by atoms with Crippen molar-refractivity contribution >= 4 is 28.4 Å². The SMILES string of the molecule is N[C@H]1CCCN(c2nccc(Nc3cc(-c4ccccc4)c4cn[nH]c4c3)n2)C1. The molecule has 29 heavy (non-hydrogen) atoms. The highest BCUT2D eigenvalue weighted by atomic mass is 15.3. The molecule has 0 saturated carbocycles. The van der Waals surface area contributed by atoms with Crippen LogP contribution in [0.15, 0.2) is 60.9 Å². The molecule has 146 valence electrons. The zero-order chi connectivity index (χ0) is 19.6. The highest BCUT2D eigenvalue weighted by molar-refractivity contribution is 5.97. The summed E-state index contributed by atoms with van der Waals surface area (Å²) in [5, 5.41) is 11.8. The van der Waals surface area contributed by atoms with Crippen LogP contribution in [-0.2, 0) is 0 Å². The number of hydrogen-bond acceptors (Lipinski definition) is 6. The number of nitrogens with zero attached hydrogens (tertiary/aromatic N) is 4. The topological polar surface area (TPSA) is 95.7 Å². The molecule has 2 aromatic carbocycles. The number of nitrogens with two attached hydrogens (primary N) is 1. The third kappa shape index (κ3) is 3.64. The van der Waals surface area contributed by atoms with E-state index in [9.17, 15) is 0 Å². The first-order chi connectivity index (χ1) is 14.3. The molecule has 1 saturated heterocycles. The standard InChI is InChI=1S/C22H23N7/c23-16-7-4-10-29(14-16)22-24-9-8-21(27-22)26-17-11-18(15-5-2-1-3-6-15)19-13-25-28-20(19)12-17/h1-3,5-6,8-9,11-13,16H,4,7,10,14,23H2,(H,25,28)(H,24,26,27)/t16-/m0/s1. The second-order valence-corrected chi connectivity index (χ2v) is 7.44. The van der Waals surface area contributed by atoms with Gasteiger partial charge in [-0.05, 0) is 42.2 Å². The summed E-state index contributed by atoms with van der Waals surface area (Å²) in [4.78, 5) is 11.3. The number of hydrogen-bond donors (Lipinski definition) is 3. The van der Waals surface area contributed by atoms with Crippen molar-refractivity contribution in [3.05, 3.63) is 60.9 Å². The molecule has 1 aliphatic rings. The van der Waals surface area contributed by atoms with E-state index in [1.165, 1.54) is 0 Å². The van der Waals surface area contributed by atoms with Gasteiger partial charge in [0.05, 0.1) is 11.7 Å². The predicted octanol–water partition coefficient (Wildman–Crippen LogP) is 3.69. The van der Waals surface area contributed by atoms with Crippen LogP contribution < -0.4 is 16.0 Å². The highest BCUT2D eigenvalue weighted by Crippen LogP contribution is 2.32. The van der Waals surface area contributed by atoms with Gasteiger partial charge in [0.1, 0.15) is 5.82 Å². The smallest absolute Gasteiger partial charge is 0.227 e. The average molecular weight is 385 g/mol. The van der Waals surface area contributed by atoms with Crippen LogP contribution in [0.5, 0.6) is 0 Å². The fraction of sp³-hybridized carbons (Fsp3) is 0.227. The van der Waals surface area contributed by atoms with Crippen molar-refractivity contribution in [2.45, 2.75) is 18.9 Å². The molecule has 4 N–H and O–H groups in total. The second-order valence-electron chi connectivity index (χ2n) is 7.44. The van der Waals surface area contributed by atoms with Crippen molar-refractivity contribution in [3.8, 4) is 11.1 Å². The maximum absolute atomic E-state index is 6.12. The number of anilines is 3. The number of piperidine rings is 1. The summed E-state index contributed by atoms with van der Waals surface area (Å²) < 4.78 is 0. The molecule has 0 radical (unpaired) electrons. The first kappa shape index (κ1) is 17.6. The lowest BCUT2D eigenvalue weighted by Crippen LogP contribution is -2.43. The van der Waals surface area contributed by atoms with Crippen LogP contribution in [0.25, 0.3) is 22.0 Å². The molecule has 1 fully saturated rings. The Hall–Kier alpha value is -3.45. The van der Waals surface area contributed by atoms with E-state index in [0.29, 0.717) is 0 Å². The monoisotopic (exact) mass is 385 g/mol. The van der Waals surface area contributed by atoms with Crippen molar-refractivity contribution in [1.82, 2.24) is 20.2 Å². The lowest BCUT2D eigenvalue weighted by Gasteiger charge is -2.30. The molecule has 2 aromatic heterocycles. The number of nitrogens with one attached hydrogen (secondary N) is 2. The van der Waals surface area contributed by atoms with Crippen molar-refractivity contribution < 1.29 is 0 Å². The maximum atomic E-state index is 6.12. The average Bonchev–Trinajstić information content (AvgIpc) is 3.23. The molecule has 1 atom stereocenters. The summed E-state index contributed by atoms with van der Waals surface area (Å²) in [6, 6.07) is 16.6. The molecule has 0 unspecified atom stereocenters. The Balaban J connectivity index is 1.47. The number of aromatic amines is 1. The van der Waals surface area contributed by atoms with Gasteiger partial charge in [-0.1, -0.05) is 30.3 Å². The normalized spacial score (nSPS) is 16.9. The van der Waals surface area contributed by atoms with Gasteiger partial charge in [0.25, 0.3) is 0 Å². The highest BCUT2D eigenvalue weighted by Gasteiger charge is 2.19. The van der Waals surface area contributed by atoms with Crippen LogP contribution >= 0.6 is 0 Å². The molecule has 0 spiro atoms. The predicted molar refractivity (Wildman–Crippen MR) is 116 cm³/mol. The lowest BCUT2D eigenvalue weighted by atomic mass is 10.0. The summed E-state index contributed by atoms with van der Waals surface area (Å²) >= 11 is 0. The zero-order valence-corrected chi connectivity index (χ0v) is 16.0. The van der Waals surface area contributed by atoms with Gasteiger partial charge in [-0.25, -0.2) is 4.98 Å². The van der Waals surface area contributed by atoms with Crippen LogP contribution in [0.2, 0.25) is 0 Å². The first-order valence-electron chi connectivity index (χ1n) is 9.89. The Kier molecular flexibility index (Phi) is 4.57. The van der Waals surface area contributed by atoms with E-state index in [4.69, 9.17) is 10.7 Å². The Morgan fingerprint density at radius 2 is 2.03 bits per heavy atom. The van der Waals surface area contributed by atoms with E-state index in [1.807, 2.05) is 36.5 Å². The maximum Gasteiger partial charge on any atom is 0.227 e. The van der Waals surface area contributed by atoms with Crippen molar-refractivity contribution in [1.29, 1.82) is 0 Å². The van der Waals surface area contributed by atoms with Crippen LogP contribution in [-0.4, -0.2) is 39.3 Å². The van der Waals surface area contributed by atoms with E-state index in [1.54, 1.807) is 6.20 Å². The van der Waals surface area contributed by atoms with Gasteiger partial charge in [0, 0.05) is 36.4 Å². The lowest BCUT2D eigenvalue weighted by molar-refractivity contribution is 0.500. The fourth-order valence-corrected chi connectivity index (χ4v) is 3.89. The summed E-state index contributed by atoms with van der Waals surface area (Å²) in [6.45, 7) is 1.73. The zero-order valence-electron chi connectivity index (χ0n) is 16.0. The number of rotatable bonds is 4. The molecule has 7 nitrogen and oxygen atoms in total. The quantitative estimate of drug-likeness (QED) is 0.496. The molecule has 4 aromatic rings. The van der Waals surface area contributed by atoms with Crippen LogP contribution in [0.1, 0.15) is 12.8 Å². The fourth-order valence-electron chi connectivity index (χ4n) is 3.89. The van der Waals surface area contributed by atoms with E-state index in [-0.39, 0.29) is 6.04 Å². The largest absolute Gasteiger partial charge is 0.340 e. The second kappa shape index (κ2) is 7.52.